The fourth-order valence-electron chi connectivity index (χ4n) is 2.49. The van der Waals surface area contributed by atoms with Gasteiger partial charge >= 0.3 is 0 Å². The highest BCUT2D eigenvalue weighted by Gasteiger charge is 2.14. The van der Waals surface area contributed by atoms with Crippen molar-refractivity contribution in [2.24, 2.45) is 0 Å². The van der Waals surface area contributed by atoms with Crippen LogP contribution < -0.4 is 0 Å². The molecule has 0 bridgehead atoms. The van der Waals surface area contributed by atoms with Crippen molar-refractivity contribution < 1.29 is 5.11 Å². The van der Waals surface area contributed by atoms with E-state index in [0.29, 0.717) is 6.42 Å². The molecule has 100 valence electrons. The molecule has 2 heteroatoms. The summed E-state index contributed by atoms with van der Waals surface area (Å²) in [7, 11) is 0. The van der Waals surface area contributed by atoms with E-state index in [2.05, 4.69) is 48.0 Å². The smallest absolute Gasteiger partial charge is 0.0833 e. The van der Waals surface area contributed by atoms with Gasteiger partial charge in [-0.3, -0.25) is 0 Å². The minimum Gasteiger partial charge on any atom is -0.388 e. The first-order chi connectivity index (χ1) is 8.99. The number of aliphatic hydroxyl groups excluding tert-OH is 1. The molecule has 2 aromatic carbocycles. The van der Waals surface area contributed by atoms with Gasteiger partial charge in [0.15, 0.2) is 0 Å². The molecule has 0 amide bonds. The fraction of sp³-hybridized carbons (Fsp3) is 0.294. The van der Waals surface area contributed by atoms with Gasteiger partial charge in [-0.1, -0.05) is 40.2 Å². The van der Waals surface area contributed by atoms with Crippen LogP contribution in [0.25, 0.3) is 0 Å². The van der Waals surface area contributed by atoms with Crippen LogP contribution in [0.4, 0.5) is 0 Å². The predicted octanol–water partition coefficient (Wildman–Crippen LogP) is 4.65. The Morgan fingerprint density at radius 2 is 1.63 bits per heavy atom. The summed E-state index contributed by atoms with van der Waals surface area (Å²) in [5.41, 5.74) is 5.86. The first-order valence-corrected chi connectivity index (χ1v) is 7.27. The van der Waals surface area contributed by atoms with E-state index >= 15 is 0 Å². The van der Waals surface area contributed by atoms with Gasteiger partial charge in [0.2, 0.25) is 0 Å². The molecule has 0 aliphatic heterocycles. The number of aryl methyl sites for hydroxylation is 3. The van der Waals surface area contributed by atoms with E-state index in [4.69, 9.17) is 0 Å². The normalized spacial score (nSPS) is 12.5. The lowest BCUT2D eigenvalue weighted by molar-refractivity contribution is 0.177. The standard InChI is InChI=1S/C17H19BrO/c1-11-5-4-6-12(2)16(11)10-17(19)15-8-7-14(18)9-13(15)3/h4-9,17,19H,10H2,1-3H3. The van der Waals surface area contributed by atoms with Crippen molar-refractivity contribution >= 4 is 15.9 Å². The molecule has 2 aromatic rings. The molecule has 2 rings (SSSR count). The second kappa shape index (κ2) is 5.89. The van der Waals surface area contributed by atoms with Crippen LogP contribution in [0.5, 0.6) is 0 Å². The monoisotopic (exact) mass is 318 g/mol. The number of aliphatic hydroxyl groups is 1. The van der Waals surface area contributed by atoms with Crippen LogP contribution in [0.15, 0.2) is 40.9 Å². The summed E-state index contributed by atoms with van der Waals surface area (Å²) in [5.74, 6) is 0. The maximum atomic E-state index is 10.5. The van der Waals surface area contributed by atoms with Gasteiger partial charge in [-0.05, 0) is 60.7 Å². The van der Waals surface area contributed by atoms with E-state index in [1.165, 1.54) is 16.7 Å². The van der Waals surface area contributed by atoms with E-state index in [1.807, 2.05) is 25.1 Å². The molecule has 1 N–H and O–H groups in total. The van der Waals surface area contributed by atoms with Gasteiger partial charge < -0.3 is 5.11 Å². The van der Waals surface area contributed by atoms with Crippen LogP contribution in [0.3, 0.4) is 0 Å². The maximum Gasteiger partial charge on any atom is 0.0833 e. The summed E-state index contributed by atoms with van der Waals surface area (Å²) in [6.07, 6.45) is 0.217. The molecule has 0 radical (unpaired) electrons. The summed E-state index contributed by atoms with van der Waals surface area (Å²) >= 11 is 3.45. The Morgan fingerprint density at radius 3 is 2.21 bits per heavy atom. The Morgan fingerprint density at radius 1 is 1.00 bits per heavy atom. The summed E-state index contributed by atoms with van der Waals surface area (Å²) < 4.78 is 1.05. The van der Waals surface area contributed by atoms with Crippen molar-refractivity contribution in [3.05, 3.63) is 68.7 Å². The Bertz CT molecular complexity index is 570. The van der Waals surface area contributed by atoms with E-state index in [0.717, 1.165) is 15.6 Å². The lowest BCUT2D eigenvalue weighted by atomic mass is 9.93. The van der Waals surface area contributed by atoms with Crippen LogP contribution >= 0.6 is 15.9 Å². The summed E-state index contributed by atoms with van der Waals surface area (Å²) in [4.78, 5) is 0. The topological polar surface area (TPSA) is 20.2 Å². The number of hydrogen-bond acceptors (Lipinski definition) is 1. The van der Waals surface area contributed by atoms with Gasteiger partial charge in [0.05, 0.1) is 6.10 Å². The largest absolute Gasteiger partial charge is 0.388 e. The SMILES string of the molecule is Cc1cc(Br)ccc1C(O)Cc1c(C)cccc1C. The summed E-state index contributed by atoms with van der Waals surface area (Å²) in [5, 5.41) is 10.5. The first kappa shape index (κ1) is 14.3. The second-order valence-electron chi connectivity index (χ2n) is 5.09. The highest BCUT2D eigenvalue weighted by Crippen LogP contribution is 2.26. The summed E-state index contributed by atoms with van der Waals surface area (Å²) in [6, 6.07) is 12.3. The van der Waals surface area contributed by atoms with Gasteiger partial charge in [0.1, 0.15) is 0 Å². The zero-order valence-electron chi connectivity index (χ0n) is 11.6. The molecule has 1 nitrogen and oxygen atoms in total. The van der Waals surface area contributed by atoms with Gasteiger partial charge in [0.25, 0.3) is 0 Å². The predicted molar refractivity (Wildman–Crippen MR) is 83.5 cm³/mol. The zero-order chi connectivity index (χ0) is 14.0. The quantitative estimate of drug-likeness (QED) is 0.873. The molecule has 0 aliphatic carbocycles. The van der Waals surface area contributed by atoms with E-state index in [9.17, 15) is 5.11 Å². The first-order valence-electron chi connectivity index (χ1n) is 6.48. The van der Waals surface area contributed by atoms with Crippen LogP contribution in [0, 0.1) is 20.8 Å². The van der Waals surface area contributed by atoms with E-state index < -0.39 is 6.10 Å². The van der Waals surface area contributed by atoms with Crippen LogP contribution in [0.1, 0.15) is 33.9 Å². The lowest BCUT2D eigenvalue weighted by Crippen LogP contribution is -2.06. The minimum absolute atomic E-state index is 0.451. The Labute approximate surface area is 123 Å². The highest BCUT2D eigenvalue weighted by molar-refractivity contribution is 9.10. The Balaban J connectivity index is 2.28. The maximum absolute atomic E-state index is 10.5. The number of hydrogen-bond donors (Lipinski definition) is 1. The third-order valence-corrected chi connectivity index (χ3v) is 4.13. The fourth-order valence-corrected chi connectivity index (χ4v) is 2.96. The molecule has 1 unspecified atom stereocenters. The van der Waals surface area contributed by atoms with Crippen molar-refractivity contribution in [3.63, 3.8) is 0 Å². The van der Waals surface area contributed by atoms with Gasteiger partial charge in [-0.15, -0.1) is 0 Å². The second-order valence-corrected chi connectivity index (χ2v) is 6.01. The Kier molecular flexibility index (Phi) is 4.43. The van der Waals surface area contributed by atoms with Gasteiger partial charge in [0, 0.05) is 10.9 Å². The zero-order valence-corrected chi connectivity index (χ0v) is 13.2. The van der Waals surface area contributed by atoms with Gasteiger partial charge in [-0.25, -0.2) is 0 Å². The van der Waals surface area contributed by atoms with Crippen molar-refractivity contribution in [1.82, 2.24) is 0 Å². The molecule has 0 saturated carbocycles. The van der Waals surface area contributed by atoms with Crippen molar-refractivity contribution in [2.45, 2.75) is 33.3 Å². The molecular formula is C17H19BrO. The van der Waals surface area contributed by atoms with Crippen molar-refractivity contribution in [3.8, 4) is 0 Å². The average molecular weight is 319 g/mol. The van der Waals surface area contributed by atoms with Crippen LogP contribution in [-0.4, -0.2) is 5.11 Å². The Hall–Kier alpha value is -1.12. The minimum atomic E-state index is -0.451. The molecule has 1 atom stereocenters. The lowest BCUT2D eigenvalue weighted by Gasteiger charge is -2.17. The van der Waals surface area contributed by atoms with Crippen molar-refractivity contribution in [2.75, 3.05) is 0 Å². The van der Waals surface area contributed by atoms with E-state index in [-0.39, 0.29) is 0 Å². The molecule has 19 heavy (non-hydrogen) atoms. The van der Waals surface area contributed by atoms with Crippen LogP contribution in [0.2, 0.25) is 0 Å². The third-order valence-electron chi connectivity index (χ3n) is 3.63. The number of benzene rings is 2. The third kappa shape index (κ3) is 3.26. The molecule has 0 aliphatic rings. The number of halogens is 1. The van der Waals surface area contributed by atoms with Crippen molar-refractivity contribution in [1.29, 1.82) is 0 Å². The molecule has 0 fully saturated rings. The molecule has 0 spiro atoms. The highest BCUT2D eigenvalue weighted by atomic mass is 79.9. The number of rotatable bonds is 3. The molecular weight excluding hydrogens is 300 g/mol. The van der Waals surface area contributed by atoms with E-state index in [1.54, 1.807) is 0 Å². The van der Waals surface area contributed by atoms with Crippen LogP contribution in [-0.2, 0) is 6.42 Å². The van der Waals surface area contributed by atoms with Gasteiger partial charge in [-0.2, -0.15) is 0 Å². The molecule has 0 aromatic heterocycles. The molecule has 0 saturated heterocycles. The summed E-state index contributed by atoms with van der Waals surface area (Å²) in [6.45, 7) is 6.24. The molecule has 0 heterocycles. The average Bonchev–Trinajstić information content (AvgIpc) is 2.33.